The molecule has 0 aromatic heterocycles. The molecule has 0 unspecified atom stereocenters. The SMILES string of the molecule is O=C(c1ccccc1)c1ccc(NCc2ccc(Cl)c(Cl)c2)c([N+](=O)[O-])c1. The summed E-state index contributed by atoms with van der Waals surface area (Å²) in [5, 5.41) is 15.3. The molecule has 3 aromatic rings. The van der Waals surface area contributed by atoms with Crippen LogP contribution in [0.2, 0.25) is 10.0 Å². The molecule has 0 fully saturated rings. The van der Waals surface area contributed by atoms with E-state index in [4.69, 9.17) is 23.2 Å². The lowest BCUT2D eigenvalue weighted by molar-refractivity contribution is -0.384. The molecule has 0 aliphatic carbocycles. The fraction of sp³-hybridized carbons (Fsp3) is 0.0500. The van der Waals surface area contributed by atoms with Crippen LogP contribution >= 0.6 is 23.2 Å². The molecule has 0 heterocycles. The van der Waals surface area contributed by atoms with E-state index in [2.05, 4.69) is 5.32 Å². The molecular weight excluding hydrogens is 387 g/mol. The van der Waals surface area contributed by atoms with Crippen LogP contribution in [0.1, 0.15) is 21.5 Å². The quantitative estimate of drug-likeness (QED) is 0.325. The van der Waals surface area contributed by atoms with E-state index in [9.17, 15) is 14.9 Å². The third kappa shape index (κ3) is 4.45. The summed E-state index contributed by atoms with van der Waals surface area (Å²) in [6.45, 7) is 0.323. The number of halogens is 2. The van der Waals surface area contributed by atoms with Crippen molar-refractivity contribution >= 4 is 40.4 Å². The van der Waals surface area contributed by atoms with Gasteiger partial charge in [0.15, 0.2) is 5.78 Å². The molecule has 0 saturated carbocycles. The van der Waals surface area contributed by atoms with Crippen LogP contribution in [0.3, 0.4) is 0 Å². The monoisotopic (exact) mass is 400 g/mol. The van der Waals surface area contributed by atoms with Gasteiger partial charge in [0.2, 0.25) is 0 Å². The lowest BCUT2D eigenvalue weighted by atomic mass is 10.0. The number of carbonyl (C=O) groups is 1. The first-order chi connectivity index (χ1) is 13.0. The molecule has 0 amide bonds. The number of nitro benzene ring substituents is 1. The van der Waals surface area contributed by atoms with Crippen LogP contribution in [0.25, 0.3) is 0 Å². The first-order valence-corrected chi connectivity index (χ1v) is 8.77. The van der Waals surface area contributed by atoms with Gasteiger partial charge in [-0.05, 0) is 29.8 Å². The van der Waals surface area contributed by atoms with Gasteiger partial charge in [0.25, 0.3) is 5.69 Å². The first kappa shape index (κ1) is 18.9. The summed E-state index contributed by atoms with van der Waals surface area (Å²) < 4.78 is 0. The zero-order chi connectivity index (χ0) is 19.4. The minimum atomic E-state index is -0.515. The molecule has 0 aliphatic rings. The number of ketones is 1. The second kappa shape index (κ2) is 8.20. The molecule has 3 aromatic carbocycles. The smallest absolute Gasteiger partial charge is 0.293 e. The highest BCUT2D eigenvalue weighted by molar-refractivity contribution is 6.42. The molecular formula is C20H14Cl2N2O3. The van der Waals surface area contributed by atoms with Crippen LogP contribution in [0.5, 0.6) is 0 Å². The topological polar surface area (TPSA) is 72.2 Å². The van der Waals surface area contributed by atoms with Crippen molar-refractivity contribution in [2.24, 2.45) is 0 Å². The Kier molecular flexibility index (Phi) is 5.74. The molecule has 136 valence electrons. The molecule has 0 radical (unpaired) electrons. The fourth-order valence-corrected chi connectivity index (χ4v) is 2.90. The van der Waals surface area contributed by atoms with Crippen LogP contribution < -0.4 is 5.32 Å². The number of benzene rings is 3. The minimum Gasteiger partial charge on any atom is -0.375 e. The van der Waals surface area contributed by atoms with E-state index in [0.29, 0.717) is 27.8 Å². The van der Waals surface area contributed by atoms with Crippen LogP contribution in [0.15, 0.2) is 66.7 Å². The molecule has 27 heavy (non-hydrogen) atoms. The molecule has 7 heteroatoms. The molecule has 5 nitrogen and oxygen atoms in total. The van der Waals surface area contributed by atoms with Crippen molar-refractivity contribution in [2.45, 2.75) is 6.54 Å². The second-order valence-electron chi connectivity index (χ2n) is 5.79. The minimum absolute atomic E-state index is 0.170. The molecule has 0 atom stereocenters. The van der Waals surface area contributed by atoms with Crippen molar-refractivity contribution in [1.29, 1.82) is 0 Å². The van der Waals surface area contributed by atoms with E-state index < -0.39 is 4.92 Å². The van der Waals surface area contributed by atoms with Crippen molar-refractivity contribution in [3.8, 4) is 0 Å². The number of hydrogen-bond acceptors (Lipinski definition) is 4. The lowest BCUT2D eigenvalue weighted by Crippen LogP contribution is -2.06. The molecule has 0 saturated heterocycles. The van der Waals surface area contributed by atoms with Gasteiger partial charge >= 0.3 is 0 Å². The summed E-state index contributed by atoms with van der Waals surface area (Å²) in [6, 6.07) is 18.2. The van der Waals surface area contributed by atoms with E-state index in [1.807, 2.05) is 0 Å². The molecule has 3 rings (SSSR count). The largest absolute Gasteiger partial charge is 0.375 e. The Bertz CT molecular complexity index is 1010. The van der Waals surface area contributed by atoms with Gasteiger partial charge in [-0.2, -0.15) is 0 Å². The predicted molar refractivity (Wildman–Crippen MR) is 107 cm³/mol. The first-order valence-electron chi connectivity index (χ1n) is 8.01. The zero-order valence-electron chi connectivity index (χ0n) is 14.0. The van der Waals surface area contributed by atoms with E-state index in [-0.39, 0.29) is 17.0 Å². The number of rotatable bonds is 6. The number of nitrogens with one attached hydrogen (secondary N) is 1. The Morgan fingerprint density at radius 3 is 2.33 bits per heavy atom. The van der Waals surface area contributed by atoms with Crippen LogP contribution in [0, 0.1) is 10.1 Å². The second-order valence-corrected chi connectivity index (χ2v) is 6.60. The van der Waals surface area contributed by atoms with Gasteiger partial charge in [0, 0.05) is 23.7 Å². The average Bonchev–Trinajstić information content (AvgIpc) is 2.69. The Hall–Kier alpha value is -2.89. The van der Waals surface area contributed by atoms with E-state index >= 15 is 0 Å². The Morgan fingerprint density at radius 2 is 1.67 bits per heavy atom. The van der Waals surface area contributed by atoms with E-state index in [1.165, 1.54) is 12.1 Å². The zero-order valence-corrected chi connectivity index (χ0v) is 15.5. The summed E-state index contributed by atoms with van der Waals surface area (Å²) >= 11 is 11.9. The van der Waals surface area contributed by atoms with Gasteiger partial charge in [-0.3, -0.25) is 14.9 Å². The van der Waals surface area contributed by atoms with Gasteiger partial charge in [-0.25, -0.2) is 0 Å². The highest BCUT2D eigenvalue weighted by atomic mass is 35.5. The number of hydrogen-bond donors (Lipinski definition) is 1. The fourth-order valence-electron chi connectivity index (χ4n) is 2.58. The average molecular weight is 401 g/mol. The summed E-state index contributed by atoms with van der Waals surface area (Å²) in [5.74, 6) is -0.269. The van der Waals surface area contributed by atoms with Crippen LogP contribution in [0.4, 0.5) is 11.4 Å². The van der Waals surface area contributed by atoms with Crippen molar-refractivity contribution < 1.29 is 9.72 Å². The third-order valence-corrected chi connectivity index (χ3v) is 4.70. The summed E-state index contributed by atoms with van der Waals surface area (Å²) in [5.41, 5.74) is 1.70. The summed E-state index contributed by atoms with van der Waals surface area (Å²) in [6.07, 6.45) is 0. The summed E-state index contributed by atoms with van der Waals surface area (Å²) in [7, 11) is 0. The Labute approximate surface area is 165 Å². The molecule has 1 N–H and O–H groups in total. The third-order valence-electron chi connectivity index (χ3n) is 3.96. The maximum atomic E-state index is 12.5. The Balaban J connectivity index is 1.84. The molecule has 0 aliphatic heterocycles. The summed E-state index contributed by atoms with van der Waals surface area (Å²) in [4.78, 5) is 23.5. The van der Waals surface area contributed by atoms with Gasteiger partial charge < -0.3 is 5.32 Å². The van der Waals surface area contributed by atoms with Crippen LogP contribution in [-0.4, -0.2) is 10.7 Å². The lowest BCUT2D eigenvalue weighted by Gasteiger charge is -2.09. The predicted octanol–water partition coefficient (Wildman–Crippen LogP) is 5.74. The van der Waals surface area contributed by atoms with Crippen LogP contribution in [-0.2, 0) is 6.54 Å². The van der Waals surface area contributed by atoms with Crippen molar-refractivity contribution in [3.05, 3.63) is 104 Å². The van der Waals surface area contributed by atoms with E-state index in [0.717, 1.165) is 5.56 Å². The van der Waals surface area contributed by atoms with Crippen molar-refractivity contribution in [1.82, 2.24) is 0 Å². The molecule has 0 spiro atoms. The normalized spacial score (nSPS) is 10.4. The number of anilines is 1. The number of carbonyl (C=O) groups excluding carboxylic acids is 1. The Morgan fingerprint density at radius 1 is 0.926 bits per heavy atom. The van der Waals surface area contributed by atoms with Gasteiger partial charge in [0.1, 0.15) is 5.69 Å². The maximum absolute atomic E-state index is 12.5. The highest BCUT2D eigenvalue weighted by Crippen LogP contribution is 2.28. The van der Waals surface area contributed by atoms with Crippen molar-refractivity contribution in [3.63, 3.8) is 0 Å². The van der Waals surface area contributed by atoms with Gasteiger partial charge in [0.05, 0.1) is 15.0 Å². The van der Waals surface area contributed by atoms with Gasteiger partial charge in [-0.15, -0.1) is 0 Å². The van der Waals surface area contributed by atoms with E-state index in [1.54, 1.807) is 54.6 Å². The van der Waals surface area contributed by atoms with Gasteiger partial charge in [-0.1, -0.05) is 59.6 Å². The number of nitrogens with zero attached hydrogens (tertiary/aromatic N) is 1. The highest BCUT2D eigenvalue weighted by Gasteiger charge is 2.18. The standard InChI is InChI=1S/C20H14Cl2N2O3/c21-16-8-6-13(10-17(16)22)12-23-18-9-7-15(11-19(18)24(26)27)20(25)14-4-2-1-3-5-14/h1-11,23H,12H2. The number of nitro groups is 1. The molecule has 0 bridgehead atoms. The van der Waals surface area contributed by atoms with Crippen molar-refractivity contribution in [2.75, 3.05) is 5.32 Å². The maximum Gasteiger partial charge on any atom is 0.293 e.